The lowest BCUT2D eigenvalue weighted by Gasteiger charge is -2.25. The van der Waals surface area contributed by atoms with Gasteiger partial charge in [-0.2, -0.15) is 4.31 Å². The van der Waals surface area contributed by atoms with Crippen molar-refractivity contribution in [2.24, 2.45) is 5.73 Å². The van der Waals surface area contributed by atoms with E-state index in [2.05, 4.69) is 15.3 Å². The lowest BCUT2D eigenvalue weighted by atomic mass is 9.84. The van der Waals surface area contributed by atoms with Crippen molar-refractivity contribution in [3.8, 4) is 5.88 Å². The zero-order chi connectivity index (χ0) is 28.6. The molecule has 3 heterocycles. The molecule has 0 aliphatic carbocycles. The highest BCUT2D eigenvalue weighted by atomic mass is 32.2. The van der Waals surface area contributed by atoms with Crippen LogP contribution < -0.4 is 10.5 Å². The number of amides is 1. The van der Waals surface area contributed by atoms with Gasteiger partial charge < -0.3 is 10.5 Å². The topological polar surface area (TPSA) is 133 Å². The summed E-state index contributed by atoms with van der Waals surface area (Å²) in [5.74, 6) is -0.619. The van der Waals surface area contributed by atoms with Crippen molar-refractivity contribution in [1.29, 1.82) is 0 Å². The van der Waals surface area contributed by atoms with Crippen LogP contribution in [-0.2, 0) is 27.9 Å². The number of ether oxygens (including phenoxy) is 1. The van der Waals surface area contributed by atoms with Gasteiger partial charge in [0.1, 0.15) is 16.5 Å². The summed E-state index contributed by atoms with van der Waals surface area (Å²) in [6.45, 7) is 8.96. The number of hydrogen-bond acceptors (Lipinski definition) is 7. The third-order valence-corrected chi connectivity index (χ3v) is 9.50. The molecule has 2 atom stereocenters. The molecule has 0 saturated carbocycles. The van der Waals surface area contributed by atoms with Gasteiger partial charge in [-0.15, -0.1) is 5.10 Å². The first-order chi connectivity index (χ1) is 19.1. The van der Waals surface area contributed by atoms with E-state index < -0.39 is 15.9 Å². The van der Waals surface area contributed by atoms with E-state index in [1.54, 1.807) is 6.07 Å². The highest BCUT2D eigenvalue weighted by molar-refractivity contribution is 7.89. The monoisotopic (exact) mass is 562 g/mol. The van der Waals surface area contributed by atoms with Gasteiger partial charge in [0, 0.05) is 31.6 Å². The second-order valence-electron chi connectivity index (χ2n) is 10.2. The molecule has 40 heavy (non-hydrogen) atoms. The third-order valence-electron chi connectivity index (χ3n) is 7.68. The lowest BCUT2D eigenvalue weighted by molar-refractivity contribution is -0.118. The highest BCUT2D eigenvalue weighted by Gasteiger charge is 2.35. The fourth-order valence-corrected chi connectivity index (χ4v) is 6.88. The van der Waals surface area contributed by atoms with Crippen molar-refractivity contribution in [3.63, 3.8) is 0 Å². The maximum atomic E-state index is 13.7. The molecule has 1 aliphatic heterocycles. The number of primary amides is 1. The molecule has 2 aromatic carbocycles. The Bertz CT molecular complexity index is 1680. The number of aryl methyl sites for hydroxylation is 3. The fourth-order valence-electron chi connectivity index (χ4n) is 5.35. The number of aromatic nitrogens is 4. The number of nitrogens with zero attached hydrogens (tertiary/aromatic N) is 5. The zero-order valence-electron chi connectivity index (χ0n) is 23.2. The summed E-state index contributed by atoms with van der Waals surface area (Å²) in [6, 6.07) is 13.0. The maximum Gasteiger partial charge on any atom is 0.248 e. The van der Waals surface area contributed by atoms with E-state index >= 15 is 0 Å². The predicted octanol–water partition coefficient (Wildman–Crippen LogP) is 3.83. The Kier molecular flexibility index (Phi) is 7.61. The van der Waals surface area contributed by atoms with Crippen LogP contribution >= 0.6 is 0 Å². The van der Waals surface area contributed by atoms with Crippen molar-refractivity contribution in [2.45, 2.75) is 70.5 Å². The predicted molar refractivity (Wildman–Crippen MR) is 151 cm³/mol. The average Bonchev–Trinajstić information content (AvgIpc) is 3.32. The fraction of sp³-hybridized carbons (Fsp3) is 0.379. The van der Waals surface area contributed by atoms with Crippen molar-refractivity contribution in [1.82, 2.24) is 24.3 Å². The van der Waals surface area contributed by atoms with Crippen LogP contribution in [0.15, 0.2) is 53.6 Å². The van der Waals surface area contributed by atoms with Gasteiger partial charge in [0.25, 0.3) is 0 Å². The highest BCUT2D eigenvalue weighted by Crippen LogP contribution is 2.35. The smallest absolute Gasteiger partial charge is 0.248 e. The summed E-state index contributed by atoms with van der Waals surface area (Å²) in [4.78, 5) is 16.5. The normalized spacial score (nSPS) is 17.6. The molecule has 0 saturated heterocycles. The Morgan fingerprint density at radius 2 is 1.98 bits per heavy atom. The number of benzene rings is 2. The van der Waals surface area contributed by atoms with Crippen LogP contribution in [0.1, 0.15) is 60.4 Å². The molecular formula is C29H34N6O4S. The number of pyridine rings is 1. The summed E-state index contributed by atoms with van der Waals surface area (Å²) < 4.78 is 36.7. The van der Waals surface area contributed by atoms with Crippen molar-refractivity contribution in [2.75, 3.05) is 6.54 Å². The van der Waals surface area contributed by atoms with Crippen LogP contribution in [0.4, 0.5) is 0 Å². The van der Waals surface area contributed by atoms with Gasteiger partial charge in [0.05, 0.1) is 12.1 Å². The van der Waals surface area contributed by atoms with Gasteiger partial charge in [-0.05, 0) is 73.2 Å². The molecule has 0 spiro atoms. The molecule has 0 bridgehead atoms. The van der Waals surface area contributed by atoms with Crippen LogP contribution in [0, 0.1) is 13.8 Å². The van der Waals surface area contributed by atoms with Crippen LogP contribution in [-0.4, -0.2) is 51.3 Å². The minimum absolute atomic E-state index is 0.0652. The first-order valence-electron chi connectivity index (χ1n) is 13.5. The molecule has 2 N–H and O–H groups in total. The Labute approximate surface area is 234 Å². The van der Waals surface area contributed by atoms with E-state index in [4.69, 9.17) is 10.5 Å². The third kappa shape index (κ3) is 5.06. The molecule has 0 fully saturated rings. The van der Waals surface area contributed by atoms with E-state index in [9.17, 15) is 13.2 Å². The molecule has 11 heteroatoms. The second-order valence-corrected chi connectivity index (χ2v) is 12.1. The van der Waals surface area contributed by atoms with Gasteiger partial charge in [-0.25, -0.2) is 18.1 Å². The number of fused-ring (bicyclic) bond motifs is 2. The molecule has 0 radical (unpaired) electrons. The van der Waals surface area contributed by atoms with Crippen LogP contribution in [0.5, 0.6) is 5.88 Å². The number of rotatable bonds is 8. The number of sulfonamides is 1. The number of hydrogen-bond donors (Lipinski definition) is 1. The molecule has 2 aromatic heterocycles. The Morgan fingerprint density at radius 1 is 1.18 bits per heavy atom. The molecule has 10 nitrogen and oxygen atoms in total. The van der Waals surface area contributed by atoms with Crippen molar-refractivity contribution >= 4 is 27.0 Å². The van der Waals surface area contributed by atoms with Crippen LogP contribution in [0.25, 0.3) is 11.0 Å². The van der Waals surface area contributed by atoms with Crippen molar-refractivity contribution in [3.05, 3.63) is 76.5 Å². The van der Waals surface area contributed by atoms with Crippen LogP contribution in [0.2, 0.25) is 0 Å². The number of carbonyl (C=O) groups is 1. The standard InChI is InChI=1S/C29H34N6O4S/c1-5-22-17-34(40(37,38)26-8-7-13-31-29(26)39-22)16-21-14-20(10-9-18(21)3)24(15-27(30)36)23-11-12-25-28(19(23)4)32-33-35(25)6-2/h7-14,22,24H,5-6,15-17H2,1-4H3,(H2,30,36)/t22-,24+/m1/s1. The first-order valence-corrected chi connectivity index (χ1v) is 14.9. The van der Waals surface area contributed by atoms with E-state index in [1.807, 2.05) is 62.7 Å². The quantitative estimate of drug-likeness (QED) is 0.345. The molecule has 210 valence electrons. The minimum Gasteiger partial charge on any atom is -0.472 e. The van der Waals surface area contributed by atoms with E-state index in [1.165, 1.54) is 16.6 Å². The van der Waals surface area contributed by atoms with Gasteiger partial charge in [0.15, 0.2) is 0 Å². The van der Waals surface area contributed by atoms with Gasteiger partial charge >= 0.3 is 0 Å². The summed E-state index contributed by atoms with van der Waals surface area (Å²) in [6.07, 6.45) is 1.93. The van der Waals surface area contributed by atoms with Gasteiger partial charge in [-0.3, -0.25) is 4.79 Å². The largest absolute Gasteiger partial charge is 0.472 e. The zero-order valence-corrected chi connectivity index (χ0v) is 24.0. The summed E-state index contributed by atoms with van der Waals surface area (Å²) in [5, 5.41) is 8.63. The minimum atomic E-state index is -3.86. The SMILES string of the molecule is CC[C@@H]1CN(Cc2cc([C@H](CC(N)=O)c3ccc4c(nnn4CC)c3C)ccc2C)S(=O)(=O)c2cccnc2O1. The van der Waals surface area contributed by atoms with Gasteiger partial charge in [-0.1, -0.05) is 36.4 Å². The Hall–Kier alpha value is -3.83. The van der Waals surface area contributed by atoms with Crippen LogP contribution in [0.3, 0.4) is 0 Å². The van der Waals surface area contributed by atoms with E-state index in [0.717, 1.165) is 38.9 Å². The Morgan fingerprint density at radius 3 is 2.70 bits per heavy atom. The second kappa shape index (κ2) is 11.0. The van der Waals surface area contributed by atoms with Gasteiger partial charge in [0.2, 0.25) is 21.8 Å². The number of nitrogens with two attached hydrogens (primary N) is 1. The van der Waals surface area contributed by atoms with Crippen molar-refractivity contribution < 1.29 is 17.9 Å². The molecule has 0 unspecified atom stereocenters. The average molecular weight is 563 g/mol. The Balaban J connectivity index is 1.56. The molecule has 4 aromatic rings. The van der Waals surface area contributed by atoms with E-state index in [0.29, 0.717) is 13.0 Å². The van der Waals surface area contributed by atoms with E-state index in [-0.39, 0.29) is 42.3 Å². The number of carbonyl (C=O) groups excluding carboxylic acids is 1. The molecule has 5 rings (SSSR count). The summed E-state index contributed by atoms with van der Waals surface area (Å²) in [5.41, 5.74) is 12.0. The lowest BCUT2D eigenvalue weighted by Crippen LogP contribution is -2.36. The summed E-state index contributed by atoms with van der Waals surface area (Å²) in [7, 11) is -3.86. The first kappa shape index (κ1) is 27.7. The molecular weight excluding hydrogens is 528 g/mol. The molecule has 1 amide bonds. The summed E-state index contributed by atoms with van der Waals surface area (Å²) >= 11 is 0. The molecule has 1 aliphatic rings. The maximum absolute atomic E-state index is 13.7.